The third-order valence-electron chi connectivity index (χ3n) is 3.17. The van der Waals surface area contributed by atoms with Gasteiger partial charge in [0.05, 0.1) is 12.1 Å². The topological polar surface area (TPSA) is 54.0 Å². The Hall–Kier alpha value is -1.88. The average molecular weight is 289 g/mol. The third kappa shape index (κ3) is 3.57. The molecular formula is C15H19N3OS. The van der Waals surface area contributed by atoms with Crippen molar-refractivity contribution >= 4 is 17.4 Å². The number of urea groups is 1. The van der Waals surface area contributed by atoms with Crippen LogP contribution >= 0.6 is 11.3 Å². The summed E-state index contributed by atoms with van der Waals surface area (Å²) in [4.78, 5) is 16.2. The van der Waals surface area contributed by atoms with E-state index in [9.17, 15) is 4.79 Å². The second-order valence-corrected chi connectivity index (χ2v) is 5.71. The summed E-state index contributed by atoms with van der Waals surface area (Å²) < 4.78 is 0. The normalized spacial score (nSPS) is 13.6. The Morgan fingerprint density at radius 2 is 1.90 bits per heavy atom. The molecule has 0 aliphatic carbocycles. The summed E-state index contributed by atoms with van der Waals surface area (Å²) in [6, 6.07) is 7.77. The molecule has 1 heterocycles. The van der Waals surface area contributed by atoms with Gasteiger partial charge in [0, 0.05) is 11.6 Å². The zero-order valence-corrected chi connectivity index (χ0v) is 12.7. The maximum Gasteiger partial charge on any atom is 0.315 e. The number of aromatic nitrogens is 1. The Morgan fingerprint density at radius 3 is 2.55 bits per heavy atom. The van der Waals surface area contributed by atoms with Crippen molar-refractivity contribution in [2.45, 2.75) is 32.9 Å². The van der Waals surface area contributed by atoms with Gasteiger partial charge in [-0.25, -0.2) is 9.78 Å². The minimum absolute atomic E-state index is 0.0281. The van der Waals surface area contributed by atoms with E-state index >= 15 is 0 Å². The van der Waals surface area contributed by atoms with E-state index in [1.807, 2.05) is 50.4 Å². The highest BCUT2D eigenvalue weighted by Gasteiger charge is 2.14. The van der Waals surface area contributed by atoms with Crippen LogP contribution in [0.2, 0.25) is 0 Å². The SMILES string of the molecule is Cc1ccccc1C(C)NC(=O)NC(C)c1nccs1. The number of aryl methyl sites for hydroxylation is 1. The minimum atomic E-state index is -0.177. The van der Waals surface area contributed by atoms with Crippen molar-refractivity contribution in [3.05, 3.63) is 52.0 Å². The molecular weight excluding hydrogens is 270 g/mol. The molecule has 0 aliphatic rings. The Balaban J connectivity index is 1.93. The average Bonchev–Trinajstić information content (AvgIpc) is 2.92. The molecule has 2 unspecified atom stereocenters. The number of carbonyl (C=O) groups excluding carboxylic acids is 1. The maximum atomic E-state index is 12.0. The first-order chi connectivity index (χ1) is 9.58. The number of nitrogens with one attached hydrogen (secondary N) is 2. The van der Waals surface area contributed by atoms with E-state index in [0.29, 0.717) is 0 Å². The Bertz CT molecular complexity index is 568. The van der Waals surface area contributed by atoms with E-state index in [0.717, 1.165) is 10.6 Å². The lowest BCUT2D eigenvalue weighted by Crippen LogP contribution is -2.38. The summed E-state index contributed by atoms with van der Waals surface area (Å²) in [5, 5.41) is 8.67. The van der Waals surface area contributed by atoms with Crippen molar-refractivity contribution in [2.75, 3.05) is 0 Å². The predicted molar refractivity (Wildman–Crippen MR) is 81.8 cm³/mol. The molecule has 106 valence electrons. The first-order valence-electron chi connectivity index (χ1n) is 6.60. The van der Waals surface area contributed by atoms with Crippen LogP contribution in [0.3, 0.4) is 0 Å². The molecule has 2 aromatic rings. The van der Waals surface area contributed by atoms with Gasteiger partial charge in [0.1, 0.15) is 5.01 Å². The fourth-order valence-electron chi connectivity index (χ4n) is 2.10. The van der Waals surface area contributed by atoms with Crippen LogP contribution in [0.1, 0.15) is 42.1 Å². The quantitative estimate of drug-likeness (QED) is 0.904. The maximum absolute atomic E-state index is 12.0. The summed E-state index contributed by atoms with van der Waals surface area (Å²) >= 11 is 1.54. The monoisotopic (exact) mass is 289 g/mol. The minimum Gasteiger partial charge on any atom is -0.332 e. The number of amides is 2. The fraction of sp³-hybridized carbons (Fsp3) is 0.333. The molecule has 0 bridgehead atoms. The van der Waals surface area contributed by atoms with E-state index < -0.39 is 0 Å². The van der Waals surface area contributed by atoms with Crippen LogP contribution in [-0.4, -0.2) is 11.0 Å². The van der Waals surface area contributed by atoms with Gasteiger partial charge in [-0.3, -0.25) is 0 Å². The van der Waals surface area contributed by atoms with Crippen molar-refractivity contribution in [1.82, 2.24) is 15.6 Å². The van der Waals surface area contributed by atoms with Crippen molar-refractivity contribution in [3.8, 4) is 0 Å². The Kier molecular flexibility index (Phi) is 4.74. The zero-order chi connectivity index (χ0) is 14.5. The highest BCUT2D eigenvalue weighted by atomic mass is 32.1. The van der Waals surface area contributed by atoms with Crippen LogP contribution in [0.15, 0.2) is 35.8 Å². The largest absolute Gasteiger partial charge is 0.332 e. The number of hydrogen-bond donors (Lipinski definition) is 2. The summed E-state index contributed by atoms with van der Waals surface area (Å²) in [6.07, 6.45) is 1.74. The first kappa shape index (κ1) is 14.5. The number of hydrogen-bond acceptors (Lipinski definition) is 3. The zero-order valence-electron chi connectivity index (χ0n) is 11.9. The number of carbonyl (C=O) groups is 1. The van der Waals surface area contributed by atoms with Crippen molar-refractivity contribution in [2.24, 2.45) is 0 Å². The van der Waals surface area contributed by atoms with E-state index in [4.69, 9.17) is 0 Å². The highest BCUT2D eigenvalue weighted by Crippen LogP contribution is 2.17. The number of nitrogens with zero attached hydrogens (tertiary/aromatic N) is 1. The predicted octanol–water partition coefficient (Wildman–Crippen LogP) is 3.57. The molecule has 0 radical (unpaired) electrons. The van der Waals surface area contributed by atoms with Crippen molar-refractivity contribution in [1.29, 1.82) is 0 Å². The van der Waals surface area contributed by atoms with E-state index in [1.54, 1.807) is 6.20 Å². The lowest BCUT2D eigenvalue weighted by molar-refractivity contribution is 0.235. The number of rotatable bonds is 4. The Labute approximate surface area is 123 Å². The summed E-state index contributed by atoms with van der Waals surface area (Å²) in [5.74, 6) is 0. The fourth-order valence-corrected chi connectivity index (χ4v) is 2.74. The van der Waals surface area contributed by atoms with Crippen LogP contribution in [0, 0.1) is 6.92 Å². The molecule has 2 N–H and O–H groups in total. The Morgan fingerprint density at radius 1 is 1.20 bits per heavy atom. The van der Waals surface area contributed by atoms with Gasteiger partial charge in [0.25, 0.3) is 0 Å². The summed E-state index contributed by atoms with van der Waals surface area (Å²) in [6.45, 7) is 5.95. The van der Waals surface area contributed by atoms with Crippen molar-refractivity contribution in [3.63, 3.8) is 0 Å². The van der Waals surface area contributed by atoms with Gasteiger partial charge in [0.15, 0.2) is 0 Å². The number of benzene rings is 1. The molecule has 1 aromatic heterocycles. The van der Waals surface area contributed by atoms with Crippen LogP contribution in [0.5, 0.6) is 0 Å². The lowest BCUT2D eigenvalue weighted by atomic mass is 10.0. The smallest absolute Gasteiger partial charge is 0.315 e. The van der Waals surface area contributed by atoms with E-state index in [-0.39, 0.29) is 18.1 Å². The molecule has 20 heavy (non-hydrogen) atoms. The molecule has 5 heteroatoms. The van der Waals surface area contributed by atoms with Crippen molar-refractivity contribution < 1.29 is 4.79 Å². The molecule has 2 amide bonds. The second-order valence-electron chi connectivity index (χ2n) is 4.79. The van der Waals surface area contributed by atoms with Gasteiger partial charge in [-0.05, 0) is 31.9 Å². The van der Waals surface area contributed by atoms with Gasteiger partial charge in [-0.2, -0.15) is 0 Å². The van der Waals surface area contributed by atoms with Crippen LogP contribution in [0.25, 0.3) is 0 Å². The van der Waals surface area contributed by atoms with E-state index in [1.165, 1.54) is 16.9 Å². The van der Waals surface area contributed by atoms with Gasteiger partial charge >= 0.3 is 6.03 Å². The summed E-state index contributed by atoms with van der Waals surface area (Å²) in [7, 11) is 0. The van der Waals surface area contributed by atoms with Gasteiger partial charge in [0.2, 0.25) is 0 Å². The first-order valence-corrected chi connectivity index (χ1v) is 7.48. The lowest BCUT2D eigenvalue weighted by Gasteiger charge is -2.18. The van der Waals surface area contributed by atoms with Crippen LogP contribution in [0.4, 0.5) is 4.79 Å². The molecule has 0 fully saturated rings. The molecule has 4 nitrogen and oxygen atoms in total. The van der Waals surface area contributed by atoms with Crippen LogP contribution in [-0.2, 0) is 0 Å². The third-order valence-corrected chi connectivity index (χ3v) is 4.13. The molecule has 2 atom stereocenters. The molecule has 0 saturated heterocycles. The highest BCUT2D eigenvalue weighted by molar-refractivity contribution is 7.09. The molecule has 0 aliphatic heterocycles. The van der Waals surface area contributed by atoms with Gasteiger partial charge in [-0.15, -0.1) is 11.3 Å². The van der Waals surface area contributed by atoms with E-state index in [2.05, 4.69) is 15.6 Å². The van der Waals surface area contributed by atoms with Gasteiger partial charge < -0.3 is 10.6 Å². The second kappa shape index (κ2) is 6.52. The molecule has 2 rings (SSSR count). The molecule has 0 spiro atoms. The standard InChI is InChI=1S/C15H19N3OS/c1-10-6-4-5-7-13(10)11(2)17-15(19)18-12(3)14-16-8-9-20-14/h4-9,11-12H,1-3H3,(H2,17,18,19). The van der Waals surface area contributed by atoms with Crippen LogP contribution < -0.4 is 10.6 Å². The van der Waals surface area contributed by atoms with Gasteiger partial charge in [-0.1, -0.05) is 24.3 Å². The number of thiazole rings is 1. The molecule has 1 aromatic carbocycles. The summed E-state index contributed by atoms with van der Waals surface area (Å²) in [5.41, 5.74) is 2.30. The molecule has 0 saturated carbocycles.